The molecule has 6 heteroatoms. The summed E-state index contributed by atoms with van der Waals surface area (Å²) < 4.78 is 0. The van der Waals surface area contributed by atoms with Crippen LogP contribution in [0, 0.1) is 10.1 Å². The maximum atomic E-state index is 11.1. The Morgan fingerprint density at radius 3 is 2.80 bits per heavy atom. The topological polar surface area (TPSA) is 79.5 Å². The second kappa shape index (κ2) is 6.29. The molecule has 2 rings (SSSR count). The van der Waals surface area contributed by atoms with Gasteiger partial charge in [0.05, 0.1) is 22.6 Å². The average Bonchev–Trinajstić information content (AvgIpc) is 2.45. The van der Waals surface area contributed by atoms with E-state index in [1.54, 1.807) is 24.4 Å². The van der Waals surface area contributed by atoms with Crippen molar-refractivity contribution in [3.8, 4) is 0 Å². The zero-order valence-corrected chi connectivity index (χ0v) is 11.3. The first-order chi connectivity index (χ1) is 9.69. The Morgan fingerprint density at radius 1 is 1.35 bits per heavy atom. The first kappa shape index (κ1) is 14.2. The number of fused-ring (bicyclic) bond motifs is 1. The molecule has 0 fully saturated rings. The third-order valence-electron chi connectivity index (χ3n) is 3.13. The molecule has 0 aliphatic carbocycles. The number of anilines is 1. The molecule has 1 N–H and O–H groups in total. The van der Waals surface area contributed by atoms with Crippen molar-refractivity contribution in [3.63, 3.8) is 0 Å². The molecule has 20 heavy (non-hydrogen) atoms. The van der Waals surface area contributed by atoms with E-state index in [4.69, 9.17) is 5.11 Å². The van der Waals surface area contributed by atoms with Gasteiger partial charge in [-0.05, 0) is 24.6 Å². The number of hydrogen-bond donors (Lipinski definition) is 1. The predicted molar refractivity (Wildman–Crippen MR) is 78.0 cm³/mol. The Hall–Kier alpha value is -2.21. The number of nitrogens with zero attached hydrogens (tertiary/aromatic N) is 3. The maximum absolute atomic E-state index is 11.1. The lowest BCUT2D eigenvalue weighted by atomic mass is 10.1. The van der Waals surface area contributed by atoms with Gasteiger partial charge in [0.15, 0.2) is 0 Å². The second-order valence-corrected chi connectivity index (χ2v) is 4.47. The van der Waals surface area contributed by atoms with Gasteiger partial charge < -0.3 is 10.0 Å². The summed E-state index contributed by atoms with van der Waals surface area (Å²) in [5.74, 6) is 0. The van der Waals surface area contributed by atoms with Crippen LogP contribution in [-0.2, 0) is 0 Å². The molecule has 0 amide bonds. The van der Waals surface area contributed by atoms with Crippen molar-refractivity contribution in [2.75, 3.05) is 24.6 Å². The highest BCUT2D eigenvalue weighted by molar-refractivity contribution is 5.97. The van der Waals surface area contributed by atoms with Crippen molar-refractivity contribution in [3.05, 3.63) is 40.6 Å². The summed E-state index contributed by atoms with van der Waals surface area (Å²) in [5, 5.41) is 20.8. The number of non-ortho nitro benzene ring substituents is 1. The van der Waals surface area contributed by atoms with Gasteiger partial charge in [0.1, 0.15) is 5.52 Å². The molecule has 1 aromatic carbocycles. The Balaban J connectivity index is 2.59. The standard InChI is InChI=1S/C14H17N3O3/c1-2-8-16(9-10-18)13-6-5-12(17(19)20)11-4-3-7-15-14(11)13/h3-7,18H,2,8-10H2,1H3. The Morgan fingerprint density at radius 2 is 2.15 bits per heavy atom. The molecule has 0 atom stereocenters. The highest BCUT2D eigenvalue weighted by atomic mass is 16.6. The number of aromatic nitrogens is 1. The molecule has 1 aromatic heterocycles. The average molecular weight is 275 g/mol. The number of aliphatic hydroxyl groups is 1. The number of pyridine rings is 1. The normalized spacial score (nSPS) is 10.7. The summed E-state index contributed by atoms with van der Waals surface area (Å²) in [6.07, 6.45) is 2.55. The minimum absolute atomic E-state index is 0.0331. The van der Waals surface area contributed by atoms with Crippen LogP contribution in [0.15, 0.2) is 30.5 Å². The molecule has 106 valence electrons. The van der Waals surface area contributed by atoms with Crippen LogP contribution in [0.5, 0.6) is 0 Å². The van der Waals surface area contributed by atoms with Gasteiger partial charge in [-0.25, -0.2) is 0 Å². The monoisotopic (exact) mass is 275 g/mol. The van der Waals surface area contributed by atoms with Gasteiger partial charge in [0.2, 0.25) is 0 Å². The lowest BCUT2D eigenvalue weighted by molar-refractivity contribution is -0.383. The summed E-state index contributed by atoms with van der Waals surface area (Å²) in [4.78, 5) is 17.0. The van der Waals surface area contributed by atoms with E-state index < -0.39 is 4.92 Å². The summed E-state index contributed by atoms with van der Waals surface area (Å²) in [7, 11) is 0. The maximum Gasteiger partial charge on any atom is 0.278 e. The Labute approximate surface area is 116 Å². The molecule has 0 radical (unpaired) electrons. The van der Waals surface area contributed by atoms with E-state index in [1.165, 1.54) is 6.07 Å². The molecule has 6 nitrogen and oxygen atoms in total. The van der Waals surface area contributed by atoms with E-state index in [0.717, 1.165) is 18.7 Å². The lowest BCUT2D eigenvalue weighted by Gasteiger charge is -2.24. The number of nitro groups is 1. The molecule has 0 spiro atoms. The van der Waals surface area contributed by atoms with Crippen LogP contribution < -0.4 is 4.90 Å². The minimum Gasteiger partial charge on any atom is -0.395 e. The summed E-state index contributed by atoms with van der Waals surface area (Å²) in [6.45, 7) is 3.33. The highest BCUT2D eigenvalue weighted by Crippen LogP contribution is 2.31. The van der Waals surface area contributed by atoms with E-state index in [1.807, 2.05) is 11.8 Å². The number of hydrogen-bond acceptors (Lipinski definition) is 5. The Bertz CT molecular complexity index is 610. The molecular formula is C14H17N3O3. The molecule has 0 aliphatic heterocycles. The van der Waals surface area contributed by atoms with Crippen LogP contribution in [0.25, 0.3) is 10.9 Å². The van der Waals surface area contributed by atoms with Gasteiger partial charge in [0.25, 0.3) is 5.69 Å². The fraction of sp³-hybridized carbons (Fsp3) is 0.357. The van der Waals surface area contributed by atoms with Crippen molar-refractivity contribution in [2.45, 2.75) is 13.3 Å². The van der Waals surface area contributed by atoms with Crippen LogP contribution >= 0.6 is 0 Å². The van der Waals surface area contributed by atoms with Crippen LogP contribution in [0.1, 0.15) is 13.3 Å². The highest BCUT2D eigenvalue weighted by Gasteiger charge is 2.17. The zero-order valence-electron chi connectivity index (χ0n) is 11.3. The van der Waals surface area contributed by atoms with Crippen molar-refractivity contribution in [1.82, 2.24) is 4.98 Å². The summed E-state index contributed by atoms with van der Waals surface area (Å²) in [5.41, 5.74) is 1.47. The molecule has 0 unspecified atom stereocenters. The van der Waals surface area contributed by atoms with Gasteiger partial charge in [0, 0.05) is 25.4 Å². The van der Waals surface area contributed by atoms with E-state index in [0.29, 0.717) is 17.4 Å². The number of nitro benzene ring substituents is 1. The van der Waals surface area contributed by atoms with E-state index in [2.05, 4.69) is 4.98 Å². The number of benzene rings is 1. The van der Waals surface area contributed by atoms with Gasteiger partial charge >= 0.3 is 0 Å². The quantitative estimate of drug-likeness (QED) is 0.646. The van der Waals surface area contributed by atoms with Crippen LogP contribution in [-0.4, -0.2) is 34.7 Å². The van der Waals surface area contributed by atoms with Crippen molar-refractivity contribution in [2.24, 2.45) is 0 Å². The lowest BCUT2D eigenvalue weighted by Crippen LogP contribution is -2.27. The molecule has 2 aromatic rings. The molecule has 0 saturated carbocycles. The van der Waals surface area contributed by atoms with Gasteiger partial charge in [-0.15, -0.1) is 0 Å². The largest absolute Gasteiger partial charge is 0.395 e. The SMILES string of the molecule is CCCN(CCO)c1ccc([N+](=O)[O-])c2cccnc12. The first-order valence-corrected chi connectivity index (χ1v) is 6.57. The van der Waals surface area contributed by atoms with Crippen molar-refractivity contribution in [1.29, 1.82) is 0 Å². The van der Waals surface area contributed by atoms with E-state index in [9.17, 15) is 10.1 Å². The fourth-order valence-corrected chi connectivity index (χ4v) is 2.30. The van der Waals surface area contributed by atoms with Gasteiger partial charge in [-0.3, -0.25) is 15.1 Å². The van der Waals surface area contributed by atoms with E-state index >= 15 is 0 Å². The molecule has 0 aliphatic rings. The van der Waals surface area contributed by atoms with Crippen molar-refractivity contribution < 1.29 is 10.0 Å². The molecule has 0 saturated heterocycles. The fourth-order valence-electron chi connectivity index (χ4n) is 2.30. The van der Waals surface area contributed by atoms with Gasteiger partial charge in [-0.1, -0.05) is 6.92 Å². The van der Waals surface area contributed by atoms with Crippen LogP contribution in [0.2, 0.25) is 0 Å². The first-order valence-electron chi connectivity index (χ1n) is 6.57. The van der Waals surface area contributed by atoms with Crippen LogP contribution in [0.4, 0.5) is 11.4 Å². The van der Waals surface area contributed by atoms with Crippen LogP contribution in [0.3, 0.4) is 0 Å². The summed E-state index contributed by atoms with van der Waals surface area (Å²) in [6, 6.07) is 6.60. The summed E-state index contributed by atoms with van der Waals surface area (Å²) >= 11 is 0. The molecular weight excluding hydrogens is 258 g/mol. The molecule has 1 heterocycles. The van der Waals surface area contributed by atoms with Gasteiger partial charge in [-0.2, -0.15) is 0 Å². The minimum atomic E-state index is -0.399. The third kappa shape index (κ3) is 2.70. The van der Waals surface area contributed by atoms with E-state index in [-0.39, 0.29) is 12.3 Å². The Kier molecular flexibility index (Phi) is 4.47. The van der Waals surface area contributed by atoms with Crippen molar-refractivity contribution >= 4 is 22.3 Å². The number of aliphatic hydroxyl groups excluding tert-OH is 1. The number of rotatable bonds is 6. The second-order valence-electron chi connectivity index (χ2n) is 4.47. The third-order valence-corrected chi connectivity index (χ3v) is 3.13. The smallest absolute Gasteiger partial charge is 0.278 e. The predicted octanol–water partition coefficient (Wildman–Crippen LogP) is 2.35. The zero-order chi connectivity index (χ0) is 14.5. The molecule has 0 bridgehead atoms.